The number of benzene rings is 1. The van der Waals surface area contributed by atoms with Gasteiger partial charge in [0.25, 0.3) is 5.91 Å². The van der Waals surface area contributed by atoms with Crippen LogP contribution in [0.2, 0.25) is 10.2 Å². The van der Waals surface area contributed by atoms with Crippen molar-refractivity contribution in [2.75, 3.05) is 0 Å². The Kier molecular flexibility index (Phi) is 5.47. The van der Waals surface area contributed by atoms with Crippen LogP contribution in [-0.2, 0) is 6.54 Å². The van der Waals surface area contributed by atoms with Crippen LogP contribution in [0.1, 0.15) is 53.7 Å². The second-order valence-electron chi connectivity index (χ2n) is 6.31. The van der Waals surface area contributed by atoms with Gasteiger partial charge in [-0.1, -0.05) is 60.7 Å². The molecule has 0 bridgehead atoms. The van der Waals surface area contributed by atoms with Gasteiger partial charge in [-0.3, -0.25) is 4.79 Å². The molecular weight excluding hydrogens is 345 g/mol. The number of halogens is 2. The van der Waals surface area contributed by atoms with Gasteiger partial charge in [-0.25, -0.2) is 4.68 Å². The molecule has 1 aromatic carbocycles. The molecule has 1 saturated carbocycles. The Hall–Kier alpha value is -1.52. The van der Waals surface area contributed by atoms with Crippen LogP contribution in [0.4, 0.5) is 0 Å². The molecule has 0 unspecified atom stereocenters. The molecule has 4 nitrogen and oxygen atoms in total. The highest BCUT2D eigenvalue weighted by atomic mass is 35.5. The second-order valence-corrected chi connectivity index (χ2v) is 7.07. The van der Waals surface area contributed by atoms with Gasteiger partial charge in [0.2, 0.25) is 0 Å². The van der Waals surface area contributed by atoms with Crippen LogP contribution in [-0.4, -0.2) is 21.7 Å². The summed E-state index contributed by atoms with van der Waals surface area (Å²) >= 11 is 12.6. The molecule has 1 aromatic heterocycles. The van der Waals surface area contributed by atoms with Crippen LogP contribution in [0.25, 0.3) is 0 Å². The van der Waals surface area contributed by atoms with Gasteiger partial charge in [0, 0.05) is 11.1 Å². The topological polar surface area (TPSA) is 46.9 Å². The van der Waals surface area contributed by atoms with Crippen molar-refractivity contribution in [1.82, 2.24) is 15.1 Å². The summed E-state index contributed by atoms with van der Waals surface area (Å²) in [5.74, 6) is -0.130. The third kappa shape index (κ3) is 3.76. The van der Waals surface area contributed by atoms with Crippen LogP contribution in [0.5, 0.6) is 0 Å². The van der Waals surface area contributed by atoms with E-state index in [1.165, 1.54) is 19.3 Å². The summed E-state index contributed by atoms with van der Waals surface area (Å²) in [6.07, 6.45) is 5.67. The molecule has 0 saturated heterocycles. The van der Waals surface area contributed by atoms with E-state index >= 15 is 0 Å². The number of hydrogen-bond donors (Lipinski definition) is 1. The van der Waals surface area contributed by atoms with E-state index < -0.39 is 0 Å². The number of carbonyl (C=O) groups excluding carboxylic acids is 1. The summed E-state index contributed by atoms with van der Waals surface area (Å²) < 4.78 is 1.63. The molecule has 0 aliphatic heterocycles. The van der Waals surface area contributed by atoms with E-state index in [0.717, 1.165) is 18.4 Å². The molecule has 0 radical (unpaired) electrons. The molecule has 1 N–H and O–H groups in total. The van der Waals surface area contributed by atoms with Gasteiger partial charge in [-0.2, -0.15) is 5.10 Å². The number of carbonyl (C=O) groups is 1. The molecule has 0 spiro atoms. The first-order valence-corrected chi connectivity index (χ1v) is 9.09. The second kappa shape index (κ2) is 7.58. The van der Waals surface area contributed by atoms with Crippen molar-refractivity contribution >= 4 is 29.1 Å². The average Bonchev–Trinajstić information content (AvgIpc) is 2.84. The molecule has 24 heavy (non-hydrogen) atoms. The normalized spacial score (nSPS) is 15.5. The lowest BCUT2D eigenvalue weighted by Gasteiger charge is -2.22. The lowest BCUT2D eigenvalue weighted by atomic mass is 9.95. The monoisotopic (exact) mass is 365 g/mol. The van der Waals surface area contributed by atoms with Crippen LogP contribution < -0.4 is 5.32 Å². The summed E-state index contributed by atoms with van der Waals surface area (Å²) in [6.45, 7) is 2.25. The predicted octanol–water partition coefficient (Wildman–Crippen LogP) is 4.61. The fourth-order valence-corrected chi connectivity index (χ4v) is 3.72. The molecule has 0 atom stereocenters. The minimum atomic E-state index is -0.130. The predicted molar refractivity (Wildman–Crippen MR) is 96.9 cm³/mol. The maximum atomic E-state index is 12.6. The Morgan fingerprint density at radius 3 is 2.67 bits per heavy atom. The smallest absolute Gasteiger partial charge is 0.256 e. The van der Waals surface area contributed by atoms with E-state index in [2.05, 4.69) is 10.4 Å². The molecule has 1 aliphatic rings. The third-order valence-electron chi connectivity index (χ3n) is 4.51. The van der Waals surface area contributed by atoms with Crippen molar-refractivity contribution in [2.24, 2.45) is 0 Å². The van der Waals surface area contributed by atoms with Crippen molar-refractivity contribution in [3.8, 4) is 0 Å². The molecule has 1 heterocycles. The summed E-state index contributed by atoms with van der Waals surface area (Å²) in [5, 5.41) is 8.55. The zero-order chi connectivity index (χ0) is 17.1. The Balaban J connectivity index is 1.78. The Labute approximate surface area is 152 Å². The highest BCUT2D eigenvalue weighted by Gasteiger charge is 2.23. The van der Waals surface area contributed by atoms with Crippen LogP contribution >= 0.6 is 23.2 Å². The Morgan fingerprint density at radius 1 is 1.25 bits per heavy atom. The minimum Gasteiger partial charge on any atom is -0.349 e. The largest absolute Gasteiger partial charge is 0.349 e. The molecule has 128 valence electrons. The number of rotatable bonds is 4. The standard InChI is InChI=1S/C18H21Cl2N3O/c1-12-16(18(24)21-14-8-3-2-4-9-14)17(20)23(22-12)11-13-7-5-6-10-15(13)19/h5-7,10,14H,2-4,8-9,11H2,1H3,(H,21,24). The molecule has 1 amide bonds. The summed E-state index contributed by atoms with van der Waals surface area (Å²) in [4.78, 5) is 12.6. The Bertz CT molecular complexity index is 736. The van der Waals surface area contributed by atoms with Crippen molar-refractivity contribution in [1.29, 1.82) is 0 Å². The van der Waals surface area contributed by atoms with Crippen molar-refractivity contribution in [3.05, 3.63) is 51.3 Å². The van der Waals surface area contributed by atoms with Crippen molar-refractivity contribution < 1.29 is 4.79 Å². The zero-order valence-corrected chi connectivity index (χ0v) is 15.2. The molecule has 1 fully saturated rings. The number of amides is 1. The number of nitrogens with one attached hydrogen (secondary N) is 1. The van der Waals surface area contributed by atoms with Crippen LogP contribution in [0.3, 0.4) is 0 Å². The SMILES string of the molecule is Cc1nn(Cc2ccccc2Cl)c(Cl)c1C(=O)NC1CCCCC1. The molecule has 3 rings (SSSR count). The van der Waals surface area contributed by atoms with Gasteiger partial charge < -0.3 is 5.32 Å². The maximum Gasteiger partial charge on any atom is 0.256 e. The highest BCUT2D eigenvalue weighted by Crippen LogP contribution is 2.24. The first-order valence-electron chi connectivity index (χ1n) is 8.33. The summed E-state index contributed by atoms with van der Waals surface area (Å²) in [6, 6.07) is 7.80. The quantitative estimate of drug-likeness (QED) is 0.859. The highest BCUT2D eigenvalue weighted by molar-refractivity contribution is 6.33. The number of aryl methyl sites for hydroxylation is 1. The molecular formula is C18H21Cl2N3O. The van der Waals surface area contributed by atoms with E-state index in [0.29, 0.717) is 28.0 Å². The van der Waals surface area contributed by atoms with Gasteiger partial charge in [0.1, 0.15) is 5.15 Å². The molecule has 1 aliphatic carbocycles. The van der Waals surface area contributed by atoms with Crippen LogP contribution in [0.15, 0.2) is 24.3 Å². The lowest BCUT2D eigenvalue weighted by Crippen LogP contribution is -2.36. The minimum absolute atomic E-state index is 0.130. The van der Waals surface area contributed by atoms with Gasteiger partial charge in [0.05, 0.1) is 17.8 Å². The van der Waals surface area contributed by atoms with E-state index in [1.54, 1.807) is 4.68 Å². The first-order chi connectivity index (χ1) is 11.6. The van der Waals surface area contributed by atoms with E-state index in [1.807, 2.05) is 31.2 Å². The van der Waals surface area contributed by atoms with Gasteiger partial charge in [-0.05, 0) is 31.4 Å². The lowest BCUT2D eigenvalue weighted by molar-refractivity contribution is 0.0927. The third-order valence-corrected chi connectivity index (χ3v) is 5.26. The Morgan fingerprint density at radius 2 is 1.96 bits per heavy atom. The molecule has 6 heteroatoms. The zero-order valence-electron chi connectivity index (χ0n) is 13.7. The van der Waals surface area contributed by atoms with Gasteiger partial charge in [0.15, 0.2) is 0 Å². The van der Waals surface area contributed by atoms with E-state index in [-0.39, 0.29) is 11.9 Å². The van der Waals surface area contributed by atoms with Crippen molar-refractivity contribution in [3.63, 3.8) is 0 Å². The maximum absolute atomic E-state index is 12.6. The summed E-state index contributed by atoms with van der Waals surface area (Å²) in [5.41, 5.74) is 2.03. The van der Waals surface area contributed by atoms with E-state index in [4.69, 9.17) is 23.2 Å². The van der Waals surface area contributed by atoms with Gasteiger partial charge in [-0.15, -0.1) is 0 Å². The summed E-state index contributed by atoms with van der Waals surface area (Å²) in [7, 11) is 0. The number of nitrogens with zero attached hydrogens (tertiary/aromatic N) is 2. The number of aromatic nitrogens is 2. The number of hydrogen-bond acceptors (Lipinski definition) is 2. The first kappa shape index (κ1) is 17.3. The fourth-order valence-electron chi connectivity index (χ4n) is 3.21. The van der Waals surface area contributed by atoms with Crippen LogP contribution in [0, 0.1) is 6.92 Å². The fraction of sp³-hybridized carbons (Fsp3) is 0.444. The van der Waals surface area contributed by atoms with Gasteiger partial charge >= 0.3 is 0 Å². The van der Waals surface area contributed by atoms with E-state index in [9.17, 15) is 4.79 Å². The van der Waals surface area contributed by atoms with Crippen molar-refractivity contribution in [2.45, 2.75) is 51.6 Å². The average molecular weight is 366 g/mol. The molecule has 2 aromatic rings.